The van der Waals surface area contributed by atoms with Crippen molar-refractivity contribution < 1.29 is 4.79 Å². The van der Waals surface area contributed by atoms with Gasteiger partial charge in [-0.1, -0.05) is 36.4 Å². The first-order valence-corrected chi connectivity index (χ1v) is 8.56. The van der Waals surface area contributed by atoms with Crippen molar-refractivity contribution in [2.24, 2.45) is 0 Å². The summed E-state index contributed by atoms with van der Waals surface area (Å²) in [6.45, 7) is 0.580. The summed E-state index contributed by atoms with van der Waals surface area (Å²) < 4.78 is 1.99. The number of nitrogens with zero attached hydrogens (tertiary/aromatic N) is 2. The van der Waals surface area contributed by atoms with Crippen LogP contribution < -0.4 is 16.2 Å². The number of nitrogens with one attached hydrogen (secondary N) is 3. The summed E-state index contributed by atoms with van der Waals surface area (Å²) in [6.07, 6.45) is 5.43. The van der Waals surface area contributed by atoms with Gasteiger partial charge in [0.25, 0.3) is 0 Å². The van der Waals surface area contributed by atoms with Crippen molar-refractivity contribution in [3.63, 3.8) is 0 Å². The van der Waals surface area contributed by atoms with Crippen molar-refractivity contribution in [2.75, 3.05) is 6.54 Å². The van der Waals surface area contributed by atoms with Gasteiger partial charge < -0.3 is 9.72 Å². The maximum Gasteiger partial charge on any atom is 0.238 e. The van der Waals surface area contributed by atoms with Gasteiger partial charge in [-0.2, -0.15) is 0 Å². The van der Waals surface area contributed by atoms with Crippen molar-refractivity contribution in [1.82, 2.24) is 25.6 Å². The molecule has 6 heteroatoms. The zero-order valence-corrected chi connectivity index (χ0v) is 13.9. The number of aromatic nitrogens is 2. The molecule has 0 spiro atoms. The summed E-state index contributed by atoms with van der Waals surface area (Å²) in [5.74, 6) is 0.0229. The van der Waals surface area contributed by atoms with E-state index in [0.29, 0.717) is 6.54 Å². The molecule has 2 aromatic heterocycles. The van der Waals surface area contributed by atoms with Crippen LogP contribution in [0.3, 0.4) is 0 Å². The fourth-order valence-electron chi connectivity index (χ4n) is 3.18. The number of carbonyl (C=O) groups is 1. The molecule has 1 aliphatic rings. The Kier molecular flexibility index (Phi) is 4.45. The Morgan fingerprint density at radius 1 is 1.16 bits per heavy atom. The summed E-state index contributed by atoms with van der Waals surface area (Å²) >= 11 is 0. The van der Waals surface area contributed by atoms with Gasteiger partial charge in [-0.15, -0.1) is 0 Å². The predicted octanol–water partition coefficient (Wildman–Crippen LogP) is 1.60. The molecule has 128 valence electrons. The molecule has 0 aliphatic carbocycles. The van der Waals surface area contributed by atoms with E-state index in [0.717, 1.165) is 24.2 Å². The summed E-state index contributed by atoms with van der Waals surface area (Å²) in [4.78, 5) is 16.9. The number of imidazole rings is 1. The van der Waals surface area contributed by atoms with E-state index < -0.39 is 0 Å². The minimum absolute atomic E-state index is 0.0229. The molecule has 1 aromatic carbocycles. The van der Waals surface area contributed by atoms with Crippen LogP contribution in [0.2, 0.25) is 0 Å². The van der Waals surface area contributed by atoms with Crippen LogP contribution in [-0.2, 0) is 11.2 Å². The van der Waals surface area contributed by atoms with Crippen LogP contribution in [0.5, 0.6) is 0 Å². The Morgan fingerprint density at radius 2 is 2.00 bits per heavy atom. The molecule has 1 saturated heterocycles. The van der Waals surface area contributed by atoms with Crippen molar-refractivity contribution in [3.05, 3.63) is 72.2 Å². The number of carbonyl (C=O) groups excluding carboxylic acids is 1. The standard InChI is InChI=1S/C19H21N5O/c25-19(17-12-16(22-23-17)14-6-2-1-3-7-14)20-10-9-15-13-24-11-5-4-8-18(24)21-15/h1-8,11,13,16-17,22-23H,9-10,12H2,(H,20,25). The topological polar surface area (TPSA) is 70.5 Å². The molecule has 2 atom stereocenters. The van der Waals surface area contributed by atoms with Gasteiger partial charge in [0, 0.05) is 31.4 Å². The first-order valence-electron chi connectivity index (χ1n) is 8.56. The molecule has 0 radical (unpaired) electrons. The average molecular weight is 335 g/mol. The van der Waals surface area contributed by atoms with Crippen LogP contribution in [0.1, 0.15) is 23.7 Å². The van der Waals surface area contributed by atoms with Gasteiger partial charge in [-0.3, -0.25) is 4.79 Å². The third kappa shape index (κ3) is 3.55. The van der Waals surface area contributed by atoms with Crippen molar-refractivity contribution >= 4 is 11.6 Å². The van der Waals surface area contributed by atoms with E-state index in [1.807, 2.05) is 53.2 Å². The molecule has 2 unspecified atom stereocenters. The SMILES string of the molecule is O=C(NCCc1cn2ccccc2n1)C1CC(c2ccccc2)NN1. The highest BCUT2D eigenvalue weighted by Gasteiger charge is 2.29. The second-order valence-electron chi connectivity index (χ2n) is 6.28. The molecule has 1 aliphatic heterocycles. The Balaban J connectivity index is 1.28. The van der Waals surface area contributed by atoms with Gasteiger partial charge in [0.1, 0.15) is 11.7 Å². The lowest BCUT2D eigenvalue weighted by Gasteiger charge is -2.10. The molecular weight excluding hydrogens is 314 g/mol. The van der Waals surface area contributed by atoms with Crippen LogP contribution in [-0.4, -0.2) is 27.9 Å². The highest BCUT2D eigenvalue weighted by molar-refractivity contribution is 5.82. The zero-order valence-electron chi connectivity index (χ0n) is 13.9. The fraction of sp³-hybridized carbons (Fsp3) is 0.263. The monoisotopic (exact) mass is 335 g/mol. The van der Waals surface area contributed by atoms with Crippen molar-refractivity contribution in [1.29, 1.82) is 0 Å². The second-order valence-corrected chi connectivity index (χ2v) is 6.28. The lowest BCUT2D eigenvalue weighted by molar-refractivity contribution is -0.122. The molecule has 1 amide bonds. The van der Waals surface area contributed by atoms with Crippen LogP contribution >= 0.6 is 0 Å². The third-order valence-electron chi connectivity index (χ3n) is 4.52. The highest BCUT2D eigenvalue weighted by atomic mass is 16.2. The lowest BCUT2D eigenvalue weighted by Crippen LogP contribution is -2.43. The molecular formula is C19H21N5O. The molecule has 0 bridgehead atoms. The summed E-state index contributed by atoms with van der Waals surface area (Å²) in [7, 11) is 0. The van der Waals surface area contributed by atoms with Crippen LogP contribution in [0.4, 0.5) is 0 Å². The second kappa shape index (κ2) is 7.04. The average Bonchev–Trinajstić information content (AvgIpc) is 3.29. The molecule has 1 fully saturated rings. The van der Waals surface area contributed by atoms with Crippen LogP contribution in [0.25, 0.3) is 5.65 Å². The van der Waals surface area contributed by atoms with E-state index in [4.69, 9.17) is 0 Å². The summed E-state index contributed by atoms with van der Waals surface area (Å²) in [5, 5.41) is 3.00. The van der Waals surface area contributed by atoms with E-state index in [2.05, 4.69) is 33.3 Å². The minimum atomic E-state index is -0.216. The van der Waals surface area contributed by atoms with Gasteiger partial charge in [-0.25, -0.2) is 15.8 Å². The normalized spacial score (nSPS) is 20.0. The van der Waals surface area contributed by atoms with Gasteiger partial charge in [0.15, 0.2) is 0 Å². The van der Waals surface area contributed by atoms with Gasteiger partial charge >= 0.3 is 0 Å². The molecule has 4 rings (SSSR count). The Hall–Kier alpha value is -2.70. The molecule has 25 heavy (non-hydrogen) atoms. The molecule has 3 heterocycles. The van der Waals surface area contributed by atoms with E-state index in [1.54, 1.807) is 0 Å². The first-order chi connectivity index (χ1) is 12.3. The Labute approximate surface area is 146 Å². The number of hydrogen-bond acceptors (Lipinski definition) is 4. The smallest absolute Gasteiger partial charge is 0.238 e. The van der Waals surface area contributed by atoms with E-state index in [9.17, 15) is 4.79 Å². The molecule has 3 aromatic rings. The molecule has 6 nitrogen and oxygen atoms in total. The zero-order chi connectivity index (χ0) is 17.1. The van der Waals surface area contributed by atoms with E-state index >= 15 is 0 Å². The summed E-state index contributed by atoms with van der Waals surface area (Å²) in [5.41, 5.74) is 9.39. The van der Waals surface area contributed by atoms with Crippen LogP contribution in [0, 0.1) is 0 Å². The maximum absolute atomic E-state index is 12.3. The largest absolute Gasteiger partial charge is 0.354 e. The lowest BCUT2D eigenvalue weighted by atomic mass is 10.0. The highest BCUT2D eigenvalue weighted by Crippen LogP contribution is 2.21. The number of benzene rings is 1. The third-order valence-corrected chi connectivity index (χ3v) is 4.52. The fourth-order valence-corrected chi connectivity index (χ4v) is 3.18. The minimum Gasteiger partial charge on any atom is -0.354 e. The number of hydrogen-bond donors (Lipinski definition) is 3. The Bertz CT molecular complexity index is 827. The van der Waals surface area contributed by atoms with Gasteiger partial charge in [0.2, 0.25) is 5.91 Å². The number of fused-ring (bicyclic) bond motifs is 1. The molecule has 3 N–H and O–H groups in total. The molecule has 0 saturated carbocycles. The van der Waals surface area contributed by atoms with Gasteiger partial charge in [0.05, 0.1) is 5.69 Å². The number of hydrazine groups is 1. The Morgan fingerprint density at radius 3 is 2.84 bits per heavy atom. The number of pyridine rings is 1. The maximum atomic E-state index is 12.3. The number of rotatable bonds is 5. The summed E-state index contributed by atoms with van der Waals surface area (Å²) in [6, 6.07) is 16.0. The van der Waals surface area contributed by atoms with Crippen molar-refractivity contribution in [2.45, 2.75) is 24.9 Å². The van der Waals surface area contributed by atoms with E-state index in [1.165, 1.54) is 5.56 Å². The first kappa shape index (κ1) is 15.8. The van der Waals surface area contributed by atoms with E-state index in [-0.39, 0.29) is 18.0 Å². The van der Waals surface area contributed by atoms with Crippen LogP contribution in [0.15, 0.2) is 60.9 Å². The van der Waals surface area contributed by atoms with Crippen molar-refractivity contribution in [3.8, 4) is 0 Å². The predicted molar refractivity (Wildman–Crippen MR) is 95.8 cm³/mol. The quantitative estimate of drug-likeness (QED) is 0.662. The number of amides is 1. The van der Waals surface area contributed by atoms with Gasteiger partial charge in [-0.05, 0) is 24.1 Å².